The Balaban J connectivity index is 2.02. The molecule has 1 fully saturated rings. The van der Waals surface area contributed by atoms with Crippen LogP contribution >= 0.6 is 23.4 Å². The lowest BCUT2D eigenvalue weighted by molar-refractivity contribution is 0.475. The molecular weight excluding hydrogens is 230 g/mol. The van der Waals surface area contributed by atoms with Crippen LogP contribution in [0.3, 0.4) is 0 Å². The number of anilines is 1. The number of thioether (sulfide) groups is 1. The molecule has 0 radical (unpaired) electrons. The van der Waals surface area contributed by atoms with Crippen molar-refractivity contribution in [3.63, 3.8) is 0 Å². The lowest BCUT2D eigenvalue weighted by Gasteiger charge is -2.13. The number of phenols is 1. The van der Waals surface area contributed by atoms with Gasteiger partial charge in [-0.15, -0.1) is 0 Å². The van der Waals surface area contributed by atoms with Gasteiger partial charge in [-0.1, -0.05) is 18.5 Å². The van der Waals surface area contributed by atoms with E-state index in [1.54, 1.807) is 12.1 Å². The van der Waals surface area contributed by atoms with E-state index in [0.29, 0.717) is 11.1 Å². The number of phenolic OH excluding ortho intramolecular Hbond substituents is 1. The summed E-state index contributed by atoms with van der Waals surface area (Å²) in [5.74, 6) is 1.27. The molecule has 1 aliphatic rings. The number of halogens is 1. The zero-order valence-corrected chi connectivity index (χ0v) is 10.1. The molecule has 1 saturated heterocycles. The number of nitrogens with one attached hydrogen (secondary N) is 1. The van der Waals surface area contributed by atoms with Crippen LogP contribution in [0.25, 0.3) is 0 Å². The Hall–Kier alpha value is -0.540. The second kappa shape index (κ2) is 4.54. The summed E-state index contributed by atoms with van der Waals surface area (Å²) < 4.78 is 0. The first kappa shape index (κ1) is 11.0. The third kappa shape index (κ3) is 2.73. The van der Waals surface area contributed by atoms with Crippen molar-refractivity contribution in [2.24, 2.45) is 0 Å². The molecule has 0 spiro atoms. The van der Waals surface area contributed by atoms with Crippen molar-refractivity contribution in [3.05, 3.63) is 23.2 Å². The van der Waals surface area contributed by atoms with Gasteiger partial charge >= 0.3 is 0 Å². The molecule has 0 aliphatic carbocycles. The average Bonchev–Trinajstić information content (AvgIpc) is 2.58. The molecule has 2 rings (SSSR count). The molecule has 2 unspecified atom stereocenters. The van der Waals surface area contributed by atoms with Crippen molar-refractivity contribution in [2.75, 3.05) is 11.1 Å². The maximum Gasteiger partial charge on any atom is 0.134 e. The van der Waals surface area contributed by atoms with Gasteiger partial charge < -0.3 is 10.4 Å². The smallest absolute Gasteiger partial charge is 0.134 e. The van der Waals surface area contributed by atoms with E-state index < -0.39 is 0 Å². The van der Waals surface area contributed by atoms with Gasteiger partial charge in [0.2, 0.25) is 0 Å². The van der Waals surface area contributed by atoms with E-state index in [4.69, 9.17) is 11.6 Å². The molecule has 0 amide bonds. The Labute approximate surface area is 99.0 Å². The van der Waals surface area contributed by atoms with Gasteiger partial charge in [0.15, 0.2) is 0 Å². The Morgan fingerprint density at radius 3 is 2.93 bits per heavy atom. The SMILES string of the molecule is CC1CC(Nc2ccc(O)c(Cl)c2)CS1. The Bertz CT molecular complexity index is 358. The lowest BCUT2D eigenvalue weighted by atomic mass is 10.2. The monoisotopic (exact) mass is 243 g/mol. The Morgan fingerprint density at radius 1 is 1.53 bits per heavy atom. The topological polar surface area (TPSA) is 32.3 Å². The molecule has 0 bridgehead atoms. The van der Waals surface area contributed by atoms with E-state index in [2.05, 4.69) is 12.2 Å². The number of hydrogen-bond donors (Lipinski definition) is 2. The van der Waals surface area contributed by atoms with E-state index in [1.165, 1.54) is 6.42 Å². The Morgan fingerprint density at radius 2 is 2.33 bits per heavy atom. The standard InChI is InChI=1S/C11H14ClNOS/c1-7-4-9(6-15-7)13-8-2-3-11(14)10(12)5-8/h2-3,5,7,9,13-14H,4,6H2,1H3. The maximum atomic E-state index is 9.28. The summed E-state index contributed by atoms with van der Waals surface area (Å²) in [6.45, 7) is 2.25. The second-order valence-electron chi connectivity index (χ2n) is 3.89. The number of benzene rings is 1. The molecular formula is C11H14ClNOS. The summed E-state index contributed by atoms with van der Waals surface area (Å²) in [5.41, 5.74) is 0.984. The van der Waals surface area contributed by atoms with Crippen LogP contribution in [0, 0.1) is 0 Å². The summed E-state index contributed by atoms with van der Waals surface area (Å²) >= 11 is 7.82. The van der Waals surface area contributed by atoms with Crippen molar-refractivity contribution < 1.29 is 5.11 Å². The van der Waals surface area contributed by atoms with Crippen molar-refractivity contribution in [3.8, 4) is 5.75 Å². The number of aromatic hydroxyl groups is 1. The fourth-order valence-corrected chi connectivity index (χ4v) is 3.08. The summed E-state index contributed by atoms with van der Waals surface area (Å²) in [6.07, 6.45) is 1.18. The molecule has 2 N–H and O–H groups in total. The van der Waals surface area contributed by atoms with Gasteiger partial charge in [-0.3, -0.25) is 0 Å². The molecule has 4 heteroatoms. The fraction of sp³-hybridized carbons (Fsp3) is 0.455. The molecule has 0 aromatic heterocycles. The van der Waals surface area contributed by atoms with Crippen molar-refractivity contribution in [2.45, 2.75) is 24.6 Å². The number of rotatable bonds is 2. The van der Waals surface area contributed by atoms with Crippen molar-refractivity contribution in [1.82, 2.24) is 0 Å². The molecule has 2 nitrogen and oxygen atoms in total. The van der Waals surface area contributed by atoms with Gasteiger partial charge in [0.1, 0.15) is 5.75 Å². The highest BCUT2D eigenvalue weighted by molar-refractivity contribution is 8.00. The fourth-order valence-electron chi connectivity index (χ4n) is 1.75. The number of hydrogen-bond acceptors (Lipinski definition) is 3. The summed E-state index contributed by atoms with van der Waals surface area (Å²) in [4.78, 5) is 0. The van der Waals surface area contributed by atoms with Gasteiger partial charge in [-0.25, -0.2) is 0 Å². The maximum absolute atomic E-state index is 9.28. The summed E-state index contributed by atoms with van der Waals surface area (Å²) in [5, 5.41) is 13.8. The third-order valence-corrected chi connectivity index (χ3v) is 4.18. The van der Waals surface area contributed by atoms with Crippen LogP contribution in [0.1, 0.15) is 13.3 Å². The molecule has 1 aromatic carbocycles. The second-order valence-corrected chi connectivity index (χ2v) is 5.77. The highest BCUT2D eigenvalue weighted by Crippen LogP contribution is 2.30. The van der Waals surface area contributed by atoms with Crippen LogP contribution in [0.15, 0.2) is 18.2 Å². The summed E-state index contributed by atoms with van der Waals surface area (Å²) in [7, 11) is 0. The van der Waals surface area contributed by atoms with Crippen molar-refractivity contribution >= 4 is 29.1 Å². The van der Waals surface area contributed by atoms with E-state index >= 15 is 0 Å². The molecule has 1 heterocycles. The lowest BCUT2D eigenvalue weighted by Crippen LogP contribution is -2.18. The van der Waals surface area contributed by atoms with E-state index in [9.17, 15) is 5.11 Å². The zero-order chi connectivity index (χ0) is 10.8. The average molecular weight is 244 g/mol. The zero-order valence-electron chi connectivity index (χ0n) is 8.53. The normalized spacial score (nSPS) is 25.5. The highest BCUT2D eigenvalue weighted by atomic mass is 35.5. The molecule has 0 saturated carbocycles. The minimum atomic E-state index is 0.136. The van der Waals surface area contributed by atoms with Crippen LogP contribution in [0.4, 0.5) is 5.69 Å². The van der Waals surface area contributed by atoms with Gasteiger partial charge in [0.25, 0.3) is 0 Å². The Kier molecular flexibility index (Phi) is 3.32. The minimum Gasteiger partial charge on any atom is -0.506 e. The van der Waals surface area contributed by atoms with Crippen LogP contribution in [-0.2, 0) is 0 Å². The predicted octanol–water partition coefficient (Wildman–Crippen LogP) is 3.35. The first-order valence-corrected chi connectivity index (χ1v) is 6.44. The first-order chi connectivity index (χ1) is 7.15. The van der Waals surface area contributed by atoms with E-state index in [-0.39, 0.29) is 5.75 Å². The summed E-state index contributed by atoms with van der Waals surface area (Å²) in [6, 6.07) is 5.76. The molecule has 1 aliphatic heterocycles. The van der Waals surface area contributed by atoms with Gasteiger partial charge in [0.05, 0.1) is 5.02 Å². The van der Waals surface area contributed by atoms with E-state index in [1.807, 2.05) is 17.8 Å². The van der Waals surface area contributed by atoms with Gasteiger partial charge in [-0.2, -0.15) is 11.8 Å². The van der Waals surface area contributed by atoms with E-state index in [0.717, 1.165) is 16.7 Å². The largest absolute Gasteiger partial charge is 0.506 e. The van der Waals surface area contributed by atoms with Gasteiger partial charge in [-0.05, 0) is 24.6 Å². The minimum absolute atomic E-state index is 0.136. The first-order valence-electron chi connectivity index (χ1n) is 5.02. The van der Waals surface area contributed by atoms with Crippen LogP contribution in [-0.4, -0.2) is 22.2 Å². The molecule has 15 heavy (non-hydrogen) atoms. The van der Waals surface area contributed by atoms with Crippen LogP contribution in [0.2, 0.25) is 5.02 Å². The van der Waals surface area contributed by atoms with Gasteiger partial charge in [0, 0.05) is 22.7 Å². The molecule has 1 aromatic rings. The molecule has 82 valence electrons. The van der Waals surface area contributed by atoms with Crippen LogP contribution < -0.4 is 5.32 Å². The third-order valence-electron chi connectivity index (χ3n) is 2.52. The molecule has 2 atom stereocenters. The van der Waals surface area contributed by atoms with Crippen molar-refractivity contribution in [1.29, 1.82) is 0 Å². The highest BCUT2D eigenvalue weighted by Gasteiger charge is 2.21. The van der Waals surface area contributed by atoms with Crippen LogP contribution in [0.5, 0.6) is 5.75 Å². The predicted molar refractivity (Wildman–Crippen MR) is 67.1 cm³/mol. The quantitative estimate of drug-likeness (QED) is 0.782.